The number of nitrogens with two attached hydrogens (primary N) is 1. The van der Waals surface area contributed by atoms with Crippen LogP contribution in [0.2, 0.25) is 0 Å². The van der Waals surface area contributed by atoms with E-state index < -0.39 is 5.60 Å². The molecule has 13 heavy (non-hydrogen) atoms. The van der Waals surface area contributed by atoms with E-state index in [1.54, 1.807) is 27.7 Å². The van der Waals surface area contributed by atoms with Crippen molar-refractivity contribution in [3.05, 3.63) is 11.4 Å². The van der Waals surface area contributed by atoms with Crippen LogP contribution < -0.4 is 11.1 Å². The quantitative estimate of drug-likeness (QED) is 0.483. The number of aliphatic hydroxyl groups is 1. The average molecular weight is 185 g/mol. The third-order valence-corrected chi connectivity index (χ3v) is 1.59. The minimum Gasteiger partial charge on any atom is -0.396 e. The maximum absolute atomic E-state index is 9.41. The second kappa shape index (κ2) is 4.28. The third-order valence-electron chi connectivity index (χ3n) is 1.59. The van der Waals surface area contributed by atoms with E-state index >= 15 is 0 Å². The molecule has 0 aliphatic rings. The molecule has 0 unspecified atom stereocenters. The number of hydrogen-bond donors (Lipinski definition) is 4. The summed E-state index contributed by atoms with van der Waals surface area (Å²) in [7, 11) is 0. The van der Waals surface area contributed by atoms with Crippen LogP contribution in [0.25, 0.3) is 0 Å². The summed E-state index contributed by atoms with van der Waals surface area (Å²) in [5.41, 5.74) is 6.33. The number of allylic oxidation sites excluding steroid dienone is 2. The summed E-state index contributed by atoms with van der Waals surface area (Å²) in [4.78, 5) is 0. The second-order valence-corrected chi connectivity index (χ2v) is 3.83. The summed E-state index contributed by atoms with van der Waals surface area (Å²) in [6, 6.07) is 0. The van der Waals surface area contributed by atoms with Crippen LogP contribution in [0.15, 0.2) is 11.4 Å². The van der Waals surface area contributed by atoms with E-state index in [1.807, 2.05) is 0 Å². The predicted octanol–water partition coefficient (Wildman–Crippen LogP) is 0.577. The monoisotopic (exact) mass is 185 g/mol. The smallest absolute Gasteiger partial charge is 0.0763 e. The molecule has 5 N–H and O–H groups in total. The SMILES string of the molecule is CC(=N)/C(N)=C(/C)NCC(C)(C)O. The summed E-state index contributed by atoms with van der Waals surface area (Å²) >= 11 is 0. The van der Waals surface area contributed by atoms with Crippen molar-refractivity contribution in [3.63, 3.8) is 0 Å². The van der Waals surface area contributed by atoms with E-state index in [9.17, 15) is 5.11 Å². The van der Waals surface area contributed by atoms with Crippen molar-refractivity contribution in [2.45, 2.75) is 33.3 Å². The van der Waals surface area contributed by atoms with E-state index in [-0.39, 0.29) is 0 Å². The zero-order chi connectivity index (χ0) is 10.6. The molecule has 0 aliphatic carbocycles. The Morgan fingerprint density at radius 2 is 1.92 bits per heavy atom. The summed E-state index contributed by atoms with van der Waals surface area (Å²) in [6.45, 7) is 7.26. The normalized spacial score (nSPS) is 13.6. The molecule has 0 heterocycles. The Bertz CT molecular complexity index is 226. The summed E-state index contributed by atoms with van der Waals surface area (Å²) in [6.07, 6.45) is 0. The van der Waals surface area contributed by atoms with Gasteiger partial charge in [0.15, 0.2) is 0 Å². The molecular weight excluding hydrogens is 166 g/mol. The lowest BCUT2D eigenvalue weighted by Gasteiger charge is -2.19. The number of hydrogen-bond acceptors (Lipinski definition) is 4. The molecule has 0 fully saturated rings. The van der Waals surface area contributed by atoms with Gasteiger partial charge >= 0.3 is 0 Å². The largest absolute Gasteiger partial charge is 0.396 e. The Balaban J connectivity index is 4.23. The van der Waals surface area contributed by atoms with Crippen LogP contribution in [0.4, 0.5) is 0 Å². The first-order chi connectivity index (χ1) is 5.74. The molecule has 0 amide bonds. The fourth-order valence-corrected chi connectivity index (χ4v) is 0.725. The minimum atomic E-state index is -0.766. The van der Waals surface area contributed by atoms with Crippen molar-refractivity contribution in [1.82, 2.24) is 5.32 Å². The predicted molar refractivity (Wildman–Crippen MR) is 54.6 cm³/mol. The molecule has 4 nitrogen and oxygen atoms in total. The van der Waals surface area contributed by atoms with Crippen LogP contribution in [0.1, 0.15) is 27.7 Å². The molecular formula is C9H19N3O. The van der Waals surface area contributed by atoms with Crippen molar-refractivity contribution in [2.24, 2.45) is 5.73 Å². The highest BCUT2D eigenvalue weighted by atomic mass is 16.3. The molecule has 0 aromatic heterocycles. The van der Waals surface area contributed by atoms with E-state index in [0.29, 0.717) is 18.0 Å². The second-order valence-electron chi connectivity index (χ2n) is 3.83. The van der Waals surface area contributed by atoms with Gasteiger partial charge in [0.05, 0.1) is 17.0 Å². The van der Waals surface area contributed by atoms with Gasteiger partial charge in [-0.15, -0.1) is 0 Å². The molecule has 0 saturated carbocycles. The zero-order valence-electron chi connectivity index (χ0n) is 8.73. The lowest BCUT2D eigenvalue weighted by Crippen LogP contribution is -2.35. The van der Waals surface area contributed by atoms with Crippen LogP contribution >= 0.6 is 0 Å². The number of rotatable bonds is 4. The number of nitrogens with one attached hydrogen (secondary N) is 2. The molecule has 4 heteroatoms. The highest BCUT2D eigenvalue weighted by Gasteiger charge is 2.12. The fourth-order valence-electron chi connectivity index (χ4n) is 0.725. The topological polar surface area (TPSA) is 82.1 Å². The van der Waals surface area contributed by atoms with E-state index in [0.717, 1.165) is 5.70 Å². The zero-order valence-corrected chi connectivity index (χ0v) is 8.73. The van der Waals surface area contributed by atoms with Gasteiger partial charge in [0.1, 0.15) is 0 Å². The highest BCUT2D eigenvalue weighted by Crippen LogP contribution is 2.01. The lowest BCUT2D eigenvalue weighted by molar-refractivity contribution is 0.0825. The highest BCUT2D eigenvalue weighted by molar-refractivity contribution is 5.95. The van der Waals surface area contributed by atoms with Gasteiger partial charge in [0.2, 0.25) is 0 Å². The Morgan fingerprint density at radius 3 is 2.23 bits per heavy atom. The van der Waals surface area contributed by atoms with Gasteiger partial charge in [-0.3, -0.25) is 0 Å². The summed E-state index contributed by atoms with van der Waals surface area (Å²) in [5.74, 6) is 0. The van der Waals surface area contributed by atoms with Crippen molar-refractivity contribution >= 4 is 5.71 Å². The standard InChI is InChI=1S/C9H19N3O/c1-6(10)8(11)7(2)12-5-9(3,4)13/h10,12-13H,5,11H2,1-4H3/b8-7+,10-6?. The van der Waals surface area contributed by atoms with Gasteiger partial charge in [0, 0.05) is 12.2 Å². The molecule has 0 bridgehead atoms. The van der Waals surface area contributed by atoms with Gasteiger partial charge in [-0.05, 0) is 27.7 Å². The van der Waals surface area contributed by atoms with Crippen molar-refractivity contribution < 1.29 is 5.11 Å². The average Bonchev–Trinajstić information content (AvgIpc) is 1.97. The van der Waals surface area contributed by atoms with Crippen LogP contribution in [-0.2, 0) is 0 Å². The third kappa shape index (κ3) is 5.25. The van der Waals surface area contributed by atoms with Gasteiger partial charge in [-0.2, -0.15) is 0 Å². The summed E-state index contributed by atoms with van der Waals surface area (Å²) < 4.78 is 0. The maximum Gasteiger partial charge on any atom is 0.0763 e. The van der Waals surface area contributed by atoms with E-state index in [4.69, 9.17) is 11.1 Å². The molecule has 0 aliphatic heterocycles. The minimum absolute atomic E-state index is 0.334. The maximum atomic E-state index is 9.41. The van der Waals surface area contributed by atoms with Crippen molar-refractivity contribution in [1.29, 1.82) is 5.41 Å². The van der Waals surface area contributed by atoms with Crippen LogP contribution in [0, 0.1) is 5.41 Å². The summed E-state index contributed by atoms with van der Waals surface area (Å²) in [5, 5.41) is 19.7. The lowest BCUT2D eigenvalue weighted by atomic mass is 10.1. The van der Waals surface area contributed by atoms with Crippen LogP contribution in [-0.4, -0.2) is 23.0 Å². The first-order valence-electron chi connectivity index (χ1n) is 4.22. The van der Waals surface area contributed by atoms with E-state index in [1.165, 1.54) is 0 Å². The van der Waals surface area contributed by atoms with E-state index in [2.05, 4.69) is 5.32 Å². The van der Waals surface area contributed by atoms with Crippen molar-refractivity contribution in [3.8, 4) is 0 Å². The molecule has 0 radical (unpaired) electrons. The van der Waals surface area contributed by atoms with Gasteiger partial charge in [-0.1, -0.05) is 0 Å². The van der Waals surface area contributed by atoms with Gasteiger partial charge in [-0.25, -0.2) is 0 Å². The molecule has 76 valence electrons. The molecule has 0 saturated heterocycles. The molecule has 0 atom stereocenters. The van der Waals surface area contributed by atoms with Gasteiger partial charge < -0.3 is 21.6 Å². The first-order valence-corrected chi connectivity index (χ1v) is 4.22. The van der Waals surface area contributed by atoms with Gasteiger partial charge in [0.25, 0.3) is 0 Å². The molecule has 0 spiro atoms. The first kappa shape index (κ1) is 12.0. The van der Waals surface area contributed by atoms with Crippen LogP contribution in [0.3, 0.4) is 0 Å². The Kier molecular flexibility index (Phi) is 3.94. The Hall–Kier alpha value is -1.03. The fraction of sp³-hybridized carbons (Fsp3) is 0.667. The van der Waals surface area contributed by atoms with Crippen molar-refractivity contribution in [2.75, 3.05) is 6.54 Å². The Labute approximate surface area is 79.3 Å². The molecule has 0 aromatic rings. The molecule has 0 aromatic carbocycles. The Morgan fingerprint density at radius 1 is 1.46 bits per heavy atom. The van der Waals surface area contributed by atoms with Crippen LogP contribution in [0.5, 0.6) is 0 Å². The molecule has 0 rings (SSSR count).